The molecule has 13 heteroatoms. The molecule has 0 aliphatic carbocycles. The highest BCUT2D eigenvalue weighted by Crippen LogP contribution is 2.11. The molecule has 0 heterocycles. The molecule has 0 saturated carbocycles. The van der Waals surface area contributed by atoms with Crippen LogP contribution in [0, 0.1) is 5.92 Å². The summed E-state index contributed by atoms with van der Waals surface area (Å²) < 4.78 is 0. The van der Waals surface area contributed by atoms with E-state index >= 15 is 0 Å². The van der Waals surface area contributed by atoms with Crippen LogP contribution >= 0.6 is 0 Å². The number of rotatable bonds is 17. The monoisotopic (exact) mass is 534 g/mol. The summed E-state index contributed by atoms with van der Waals surface area (Å²) in [5.41, 5.74) is 16.7. The molecule has 0 aromatic heterocycles. The van der Waals surface area contributed by atoms with Gasteiger partial charge >= 0.3 is 5.97 Å². The number of hydrogen-bond acceptors (Lipinski definition) is 7. The molecule has 0 aliphatic rings. The molecule has 0 fully saturated rings. The number of amides is 5. The van der Waals surface area contributed by atoms with Crippen LogP contribution in [0.1, 0.15) is 51.5 Å². The van der Waals surface area contributed by atoms with Gasteiger partial charge in [0.15, 0.2) is 0 Å². The van der Waals surface area contributed by atoms with E-state index in [0.717, 1.165) is 0 Å². The molecular weight excluding hydrogens is 496 g/mol. The van der Waals surface area contributed by atoms with Gasteiger partial charge in [0, 0.05) is 19.3 Å². The van der Waals surface area contributed by atoms with Gasteiger partial charge in [-0.15, -0.1) is 0 Å². The van der Waals surface area contributed by atoms with Crippen molar-refractivity contribution in [2.75, 3.05) is 0 Å². The van der Waals surface area contributed by atoms with Crippen LogP contribution in [0.25, 0.3) is 0 Å². The lowest BCUT2D eigenvalue weighted by atomic mass is 9.96. The number of benzene rings is 1. The van der Waals surface area contributed by atoms with Gasteiger partial charge in [-0.1, -0.05) is 50.6 Å². The Labute approximate surface area is 221 Å². The van der Waals surface area contributed by atoms with Gasteiger partial charge in [0.05, 0.1) is 6.04 Å². The first-order valence-electron chi connectivity index (χ1n) is 12.4. The molecule has 5 unspecified atom stereocenters. The molecule has 38 heavy (non-hydrogen) atoms. The predicted octanol–water partition coefficient (Wildman–Crippen LogP) is -1.33. The van der Waals surface area contributed by atoms with Crippen LogP contribution in [0.3, 0.4) is 0 Å². The molecule has 1 aromatic carbocycles. The fourth-order valence-electron chi connectivity index (χ4n) is 3.53. The molecule has 210 valence electrons. The van der Waals surface area contributed by atoms with Gasteiger partial charge in [-0.05, 0) is 24.3 Å². The SMILES string of the molecule is CCC(C)C(NC(=O)C(N)CCC(N)=O)C(=O)NC(Cc1ccccc1)C(=O)NC(CCC(N)=O)C(=O)O. The number of nitrogens with two attached hydrogens (primary N) is 3. The Kier molecular flexibility index (Phi) is 13.5. The third-order valence-corrected chi connectivity index (χ3v) is 6.04. The molecule has 5 atom stereocenters. The van der Waals surface area contributed by atoms with Crippen molar-refractivity contribution in [2.24, 2.45) is 23.1 Å². The zero-order chi connectivity index (χ0) is 28.8. The lowest BCUT2D eigenvalue weighted by Crippen LogP contribution is -2.59. The van der Waals surface area contributed by atoms with Crippen molar-refractivity contribution in [2.45, 2.75) is 76.5 Å². The molecular formula is C25H38N6O7. The molecule has 13 nitrogen and oxygen atoms in total. The van der Waals surface area contributed by atoms with Crippen molar-refractivity contribution in [3.05, 3.63) is 35.9 Å². The number of primary amides is 2. The van der Waals surface area contributed by atoms with E-state index in [2.05, 4.69) is 16.0 Å². The second kappa shape index (κ2) is 16.0. The van der Waals surface area contributed by atoms with Crippen LogP contribution in [0.15, 0.2) is 30.3 Å². The molecule has 0 radical (unpaired) electrons. The number of carboxylic acids is 1. The maximum atomic E-state index is 13.3. The lowest BCUT2D eigenvalue weighted by molar-refractivity contribution is -0.142. The summed E-state index contributed by atoms with van der Waals surface area (Å²) >= 11 is 0. The average molecular weight is 535 g/mol. The van der Waals surface area contributed by atoms with Gasteiger partial charge in [0.25, 0.3) is 0 Å². The summed E-state index contributed by atoms with van der Waals surface area (Å²) in [5, 5.41) is 17.0. The van der Waals surface area contributed by atoms with Crippen molar-refractivity contribution in [1.29, 1.82) is 0 Å². The van der Waals surface area contributed by atoms with Crippen molar-refractivity contribution in [1.82, 2.24) is 16.0 Å². The summed E-state index contributed by atoms with van der Waals surface area (Å²) in [7, 11) is 0. The highest BCUT2D eigenvalue weighted by atomic mass is 16.4. The highest BCUT2D eigenvalue weighted by Gasteiger charge is 2.32. The summed E-state index contributed by atoms with van der Waals surface area (Å²) in [4.78, 5) is 72.8. The number of carbonyl (C=O) groups excluding carboxylic acids is 5. The normalized spacial score (nSPS) is 14.7. The van der Waals surface area contributed by atoms with Crippen LogP contribution in [0.2, 0.25) is 0 Å². The molecule has 0 saturated heterocycles. The van der Waals surface area contributed by atoms with E-state index < -0.39 is 59.7 Å². The van der Waals surface area contributed by atoms with Gasteiger partial charge in [-0.25, -0.2) is 4.79 Å². The topological polar surface area (TPSA) is 237 Å². The fraction of sp³-hybridized carbons (Fsp3) is 0.520. The van der Waals surface area contributed by atoms with Crippen molar-refractivity contribution in [3.63, 3.8) is 0 Å². The van der Waals surface area contributed by atoms with Crippen molar-refractivity contribution in [3.8, 4) is 0 Å². The highest BCUT2D eigenvalue weighted by molar-refractivity contribution is 5.94. The third-order valence-electron chi connectivity index (χ3n) is 6.04. The second-order valence-corrected chi connectivity index (χ2v) is 9.14. The number of hydrogen-bond donors (Lipinski definition) is 7. The molecule has 5 amide bonds. The maximum Gasteiger partial charge on any atom is 0.326 e. The Balaban J connectivity index is 3.12. The van der Waals surface area contributed by atoms with E-state index in [1.165, 1.54) is 0 Å². The quantitative estimate of drug-likeness (QED) is 0.126. The Morgan fingerprint density at radius 2 is 1.37 bits per heavy atom. The standard InChI is InChI=1S/C25H38N6O7/c1-3-14(2)21(31-22(34)16(26)9-11-19(27)32)24(36)30-18(13-15-7-5-4-6-8-15)23(35)29-17(25(37)38)10-12-20(28)33/h4-8,14,16-18,21H,3,9-13,26H2,1-2H3,(H2,27,32)(H2,28,33)(H,29,35)(H,30,36)(H,31,34)(H,37,38). The first kappa shape index (κ1) is 32.0. The number of carboxylic acid groups (broad SMARTS) is 1. The van der Waals surface area contributed by atoms with E-state index in [0.29, 0.717) is 12.0 Å². The number of carbonyl (C=O) groups is 6. The maximum absolute atomic E-state index is 13.3. The van der Waals surface area contributed by atoms with Crippen LogP contribution in [0.5, 0.6) is 0 Å². The molecule has 0 bridgehead atoms. The van der Waals surface area contributed by atoms with Gasteiger partial charge in [-0.3, -0.25) is 24.0 Å². The van der Waals surface area contributed by atoms with Crippen LogP contribution in [0.4, 0.5) is 0 Å². The Bertz CT molecular complexity index is 988. The molecule has 1 aromatic rings. The summed E-state index contributed by atoms with van der Waals surface area (Å²) in [6, 6.07) is 3.99. The zero-order valence-electron chi connectivity index (χ0n) is 21.6. The van der Waals surface area contributed by atoms with Gasteiger partial charge in [0.1, 0.15) is 18.1 Å². The Morgan fingerprint density at radius 1 is 0.816 bits per heavy atom. The predicted molar refractivity (Wildman–Crippen MR) is 138 cm³/mol. The lowest BCUT2D eigenvalue weighted by Gasteiger charge is -2.28. The van der Waals surface area contributed by atoms with Crippen molar-refractivity contribution < 1.29 is 33.9 Å². The summed E-state index contributed by atoms with van der Waals surface area (Å²) in [6.07, 6.45) is -0.0632. The van der Waals surface area contributed by atoms with E-state index in [-0.39, 0.29) is 38.0 Å². The zero-order valence-corrected chi connectivity index (χ0v) is 21.6. The summed E-state index contributed by atoms with van der Waals surface area (Å²) in [5.74, 6) is -5.17. The van der Waals surface area contributed by atoms with Crippen LogP contribution in [-0.2, 0) is 35.2 Å². The van der Waals surface area contributed by atoms with E-state index in [9.17, 15) is 33.9 Å². The minimum absolute atomic E-state index is 0.00305. The van der Waals surface area contributed by atoms with E-state index in [1.807, 2.05) is 6.92 Å². The van der Waals surface area contributed by atoms with E-state index in [1.54, 1.807) is 37.3 Å². The Morgan fingerprint density at radius 3 is 1.89 bits per heavy atom. The summed E-state index contributed by atoms with van der Waals surface area (Å²) in [6.45, 7) is 3.55. The second-order valence-electron chi connectivity index (χ2n) is 9.14. The van der Waals surface area contributed by atoms with E-state index in [4.69, 9.17) is 17.2 Å². The molecule has 1 rings (SSSR count). The molecule has 0 spiro atoms. The first-order valence-corrected chi connectivity index (χ1v) is 12.4. The smallest absolute Gasteiger partial charge is 0.326 e. The average Bonchev–Trinajstić information content (AvgIpc) is 2.87. The van der Waals surface area contributed by atoms with Crippen LogP contribution in [-0.4, -0.2) is 64.8 Å². The Hall–Kier alpha value is -4.00. The van der Waals surface area contributed by atoms with Gasteiger partial charge in [0.2, 0.25) is 29.5 Å². The largest absolute Gasteiger partial charge is 0.480 e. The minimum atomic E-state index is -1.40. The van der Waals surface area contributed by atoms with Crippen molar-refractivity contribution >= 4 is 35.5 Å². The van der Waals surface area contributed by atoms with Crippen LogP contribution < -0.4 is 33.2 Å². The molecule has 10 N–H and O–H groups in total. The third kappa shape index (κ3) is 11.4. The van der Waals surface area contributed by atoms with Gasteiger partial charge in [-0.2, -0.15) is 0 Å². The molecule has 0 aliphatic heterocycles. The first-order chi connectivity index (χ1) is 17.8. The number of nitrogens with one attached hydrogen (secondary N) is 3. The minimum Gasteiger partial charge on any atom is -0.480 e. The fourth-order valence-corrected chi connectivity index (χ4v) is 3.53. The number of aliphatic carboxylic acids is 1. The van der Waals surface area contributed by atoms with Gasteiger partial charge < -0.3 is 38.3 Å².